The molecule has 22 heavy (non-hydrogen) atoms. The van der Waals surface area contributed by atoms with Crippen molar-refractivity contribution in [3.05, 3.63) is 24.3 Å². The van der Waals surface area contributed by atoms with E-state index in [1.807, 2.05) is 24.3 Å². The molecule has 1 N–H and O–H groups in total. The molecule has 0 unspecified atom stereocenters. The first kappa shape index (κ1) is 12.9. The Bertz CT molecular complexity index is 640. The maximum Gasteiger partial charge on any atom is 0.230 e. The van der Waals surface area contributed by atoms with Crippen LogP contribution in [0, 0.1) is 23.2 Å². The number of rotatable bonds is 1. The maximum atomic E-state index is 12.4. The molecule has 0 saturated heterocycles. The average Bonchev–Trinajstić information content (AvgIpc) is 2.64. The lowest BCUT2D eigenvalue weighted by Gasteiger charge is -2.57. The number of carbonyl (C=O) groups is 1. The smallest absolute Gasteiger partial charge is 0.230 e. The molecular formula is C19H22N2O. The van der Waals surface area contributed by atoms with Crippen LogP contribution in [0.2, 0.25) is 0 Å². The Kier molecular flexibility index (Phi) is 2.59. The van der Waals surface area contributed by atoms with Gasteiger partial charge < -0.3 is 5.32 Å². The van der Waals surface area contributed by atoms with Crippen molar-refractivity contribution in [3.63, 3.8) is 0 Å². The summed E-state index contributed by atoms with van der Waals surface area (Å²) < 4.78 is 0. The Balaban J connectivity index is 1.59. The molecule has 3 nitrogen and oxygen atoms in total. The third-order valence-electron chi connectivity index (χ3n) is 6.41. The van der Waals surface area contributed by atoms with E-state index in [2.05, 4.69) is 5.32 Å². The quantitative estimate of drug-likeness (QED) is 0.823. The fourth-order valence-corrected chi connectivity index (χ4v) is 5.98. The highest BCUT2D eigenvalue weighted by atomic mass is 16.1. The largest absolute Gasteiger partial charge is 0.324 e. The number of fused-ring (bicyclic) bond motifs is 1. The summed E-state index contributed by atoms with van der Waals surface area (Å²) in [6, 6.07) is 7.96. The number of hydrogen-bond acceptors (Lipinski definition) is 2. The van der Waals surface area contributed by atoms with Crippen molar-refractivity contribution in [2.24, 2.45) is 28.2 Å². The van der Waals surface area contributed by atoms with E-state index in [-0.39, 0.29) is 11.3 Å². The van der Waals surface area contributed by atoms with Crippen molar-refractivity contribution in [3.8, 4) is 0 Å². The van der Waals surface area contributed by atoms with Gasteiger partial charge in [0, 0.05) is 11.1 Å². The third kappa shape index (κ3) is 1.87. The summed E-state index contributed by atoms with van der Waals surface area (Å²) in [5.74, 6) is 2.76. The minimum absolute atomic E-state index is 0.111. The summed E-state index contributed by atoms with van der Waals surface area (Å²) in [6.45, 7) is 0. The Morgan fingerprint density at radius 1 is 1.00 bits per heavy atom. The van der Waals surface area contributed by atoms with Gasteiger partial charge in [-0.3, -0.25) is 9.79 Å². The number of nitrogens with zero attached hydrogens (tertiary/aromatic N) is 1. The van der Waals surface area contributed by atoms with E-state index in [0.717, 1.165) is 29.1 Å². The minimum atomic E-state index is 0.111. The van der Waals surface area contributed by atoms with Gasteiger partial charge in [-0.25, -0.2) is 0 Å². The molecule has 1 heterocycles. The highest BCUT2D eigenvalue weighted by molar-refractivity contribution is 6.12. The van der Waals surface area contributed by atoms with Crippen molar-refractivity contribution in [1.29, 1.82) is 0 Å². The second-order valence-electron chi connectivity index (χ2n) is 8.00. The molecule has 5 aliphatic rings. The normalized spacial score (nSPS) is 39.0. The maximum absolute atomic E-state index is 12.4. The van der Waals surface area contributed by atoms with Gasteiger partial charge in [-0.2, -0.15) is 0 Å². The SMILES string of the molecule is O=C1CC(C23CC4CC(CC(C4)C2)C3)=Nc2ccccc2N1. The van der Waals surface area contributed by atoms with Gasteiger partial charge in [0.1, 0.15) is 0 Å². The second-order valence-corrected chi connectivity index (χ2v) is 8.00. The molecule has 1 aromatic carbocycles. The van der Waals surface area contributed by atoms with E-state index in [1.54, 1.807) is 0 Å². The predicted molar refractivity (Wildman–Crippen MR) is 87.4 cm³/mol. The lowest BCUT2D eigenvalue weighted by molar-refractivity contribution is -0.115. The lowest BCUT2D eigenvalue weighted by atomic mass is 9.48. The molecule has 1 amide bonds. The lowest BCUT2D eigenvalue weighted by Crippen LogP contribution is -2.50. The number of amides is 1. The zero-order valence-corrected chi connectivity index (χ0v) is 12.8. The van der Waals surface area contributed by atoms with Crippen LogP contribution in [0.15, 0.2) is 29.3 Å². The monoisotopic (exact) mass is 294 g/mol. The molecule has 4 fully saturated rings. The standard InChI is InChI=1S/C19H22N2O/c22-18-8-17(20-15-3-1-2-4-16(15)21-18)19-9-12-5-13(10-19)7-14(6-12)11-19/h1-4,12-14H,5-11H2,(H,21,22). The highest BCUT2D eigenvalue weighted by Crippen LogP contribution is 2.61. The van der Waals surface area contributed by atoms with Crippen molar-refractivity contribution in [2.45, 2.75) is 44.9 Å². The molecule has 114 valence electrons. The molecular weight excluding hydrogens is 272 g/mol. The Labute approximate surface area is 131 Å². The molecule has 0 radical (unpaired) electrons. The summed E-state index contributed by atoms with van der Waals surface area (Å²) in [7, 11) is 0. The number of nitrogens with one attached hydrogen (secondary N) is 1. The zero-order chi connectivity index (χ0) is 14.7. The van der Waals surface area contributed by atoms with Gasteiger partial charge in [0.05, 0.1) is 17.8 Å². The molecule has 6 rings (SSSR count). The number of hydrogen-bond donors (Lipinski definition) is 1. The Hall–Kier alpha value is -1.64. The second kappa shape index (κ2) is 4.43. The highest BCUT2D eigenvalue weighted by Gasteiger charge is 2.53. The Morgan fingerprint density at radius 2 is 1.64 bits per heavy atom. The molecule has 3 heteroatoms. The van der Waals surface area contributed by atoms with E-state index in [9.17, 15) is 4.79 Å². The number of carbonyl (C=O) groups excluding carboxylic acids is 1. The van der Waals surface area contributed by atoms with Crippen LogP contribution in [0.25, 0.3) is 0 Å². The predicted octanol–water partition coefficient (Wildman–Crippen LogP) is 4.32. The van der Waals surface area contributed by atoms with E-state index in [1.165, 1.54) is 44.2 Å². The molecule has 4 bridgehead atoms. The summed E-state index contributed by atoms with van der Waals surface area (Å²) in [4.78, 5) is 17.4. The molecule has 4 saturated carbocycles. The fraction of sp³-hybridized carbons (Fsp3) is 0.579. The van der Waals surface area contributed by atoms with Gasteiger partial charge in [-0.15, -0.1) is 0 Å². The van der Waals surface area contributed by atoms with Gasteiger partial charge in [0.2, 0.25) is 5.91 Å². The fourth-order valence-electron chi connectivity index (χ4n) is 5.98. The Morgan fingerprint density at radius 3 is 2.32 bits per heavy atom. The van der Waals surface area contributed by atoms with E-state index < -0.39 is 0 Å². The van der Waals surface area contributed by atoms with E-state index in [0.29, 0.717) is 6.42 Å². The summed E-state index contributed by atoms with van der Waals surface area (Å²) in [6.07, 6.45) is 8.58. The molecule has 0 aromatic heterocycles. The van der Waals surface area contributed by atoms with Crippen LogP contribution in [-0.4, -0.2) is 11.6 Å². The third-order valence-corrected chi connectivity index (χ3v) is 6.41. The van der Waals surface area contributed by atoms with Gasteiger partial charge in [-0.1, -0.05) is 12.1 Å². The number of aliphatic imine (C=N–C) groups is 1. The summed E-state index contributed by atoms with van der Waals surface area (Å²) in [5.41, 5.74) is 3.21. The molecule has 4 aliphatic carbocycles. The van der Waals surface area contributed by atoms with Crippen LogP contribution >= 0.6 is 0 Å². The summed E-state index contributed by atoms with van der Waals surface area (Å²) in [5, 5.41) is 3.03. The van der Waals surface area contributed by atoms with Crippen molar-refractivity contribution < 1.29 is 4.79 Å². The van der Waals surface area contributed by atoms with Gasteiger partial charge in [0.15, 0.2) is 0 Å². The van der Waals surface area contributed by atoms with Crippen LogP contribution in [0.4, 0.5) is 11.4 Å². The van der Waals surface area contributed by atoms with Gasteiger partial charge in [-0.05, 0) is 68.4 Å². The first-order valence-electron chi connectivity index (χ1n) is 8.67. The van der Waals surface area contributed by atoms with E-state index in [4.69, 9.17) is 4.99 Å². The number of benzene rings is 1. The van der Waals surface area contributed by atoms with E-state index >= 15 is 0 Å². The van der Waals surface area contributed by atoms with Crippen molar-refractivity contribution in [2.75, 3.05) is 5.32 Å². The van der Waals surface area contributed by atoms with Crippen LogP contribution in [0.5, 0.6) is 0 Å². The molecule has 1 aliphatic heterocycles. The zero-order valence-electron chi connectivity index (χ0n) is 12.8. The van der Waals surface area contributed by atoms with Crippen LogP contribution < -0.4 is 5.32 Å². The van der Waals surface area contributed by atoms with Crippen LogP contribution in [0.3, 0.4) is 0 Å². The number of para-hydroxylation sites is 2. The van der Waals surface area contributed by atoms with Crippen molar-refractivity contribution >= 4 is 23.0 Å². The molecule has 0 spiro atoms. The average molecular weight is 294 g/mol. The minimum Gasteiger partial charge on any atom is -0.324 e. The number of anilines is 1. The topological polar surface area (TPSA) is 41.5 Å². The first-order chi connectivity index (χ1) is 10.7. The van der Waals surface area contributed by atoms with Gasteiger partial charge in [0.25, 0.3) is 0 Å². The van der Waals surface area contributed by atoms with Crippen molar-refractivity contribution in [1.82, 2.24) is 0 Å². The van der Waals surface area contributed by atoms with Gasteiger partial charge >= 0.3 is 0 Å². The van der Waals surface area contributed by atoms with Crippen LogP contribution in [0.1, 0.15) is 44.9 Å². The van der Waals surface area contributed by atoms with Crippen LogP contribution in [-0.2, 0) is 4.79 Å². The first-order valence-corrected chi connectivity index (χ1v) is 8.67. The molecule has 0 atom stereocenters. The molecule has 1 aromatic rings. The summed E-state index contributed by atoms with van der Waals surface area (Å²) >= 11 is 0.